The average molecular weight is 382 g/mol. The maximum absolute atomic E-state index is 6.31. The van der Waals surface area contributed by atoms with Gasteiger partial charge >= 0.3 is 0 Å². The zero-order valence-corrected chi connectivity index (χ0v) is 16.1. The van der Waals surface area contributed by atoms with E-state index in [9.17, 15) is 0 Å². The first-order chi connectivity index (χ1) is 13.0. The highest BCUT2D eigenvalue weighted by Crippen LogP contribution is 2.27. The van der Waals surface area contributed by atoms with Crippen LogP contribution < -0.4 is 10.8 Å². The van der Waals surface area contributed by atoms with E-state index in [1.807, 2.05) is 38.4 Å². The van der Waals surface area contributed by atoms with Crippen LogP contribution in [0.15, 0.2) is 36.5 Å². The summed E-state index contributed by atoms with van der Waals surface area (Å²) < 4.78 is 0. The van der Waals surface area contributed by atoms with E-state index < -0.39 is 0 Å². The number of hydrogen-bond donors (Lipinski definition) is 2. The fourth-order valence-electron chi connectivity index (χ4n) is 2.77. The minimum Gasteiger partial charge on any atom is -0.324 e. The third kappa shape index (κ3) is 4.47. The number of halogens is 1. The van der Waals surface area contributed by atoms with Crippen LogP contribution in [0.3, 0.4) is 0 Å². The zero-order chi connectivity index (χ0) is 19.4. The van der Waals surface area contributed by atoms with Crippen LogP contribution in [-0.4, -0.2) is 36.1 Å². The molecule has 6 nitrogen and oxygen atoms in total. The van der Waals surface area contributed by atoms with Gasteiger partial charge in [-0.05, 0) is 50.0 Å². The van der Waals surface area contributed by atoms with Crippen molar-refractivity contribution < 1.29 is 4.84 Å². The molecule has 0 atom stereocenters. The van der Waals surface area contributed by atoms with Crippen LogP contribution in [0.2, 0.25) is 5.02 Å². The summed E-state index contributed by atoms with van der Waals surface area (Å²) in [6.45, 7) is 0.789. The quantitative estimate of drug-likeness (QED) is 0.496. The summed E-state index contributed by atoms with van der Waals surface area (Å²) in [4.78, 5) is 16.0. The molecule has 3 aromatic rings. The molecule has 0 fully saturated rings. The molecule has 0 saturated carbocycles. The molecule has 0 saturated heterocycles. The van der Waals surface area contributed by atoms with E-state index in [4.69, 9.17) is 22.9 Å². The van der Waals surface area contributed by atoms with Crippen molar-refractivity contribution in [3.8, 4) is 12.3 Å². The molecule has 0 bridgehead atoms. The van der Waals surface area contributed by atoms with Crippen molar-refractivity contribution in [2.45, 2.75) is 6.54 Å². The number of nitrogens with zero attached hydrogens (tertiary/aromatic N) is 3. The molecule has 0 amide bonds. The molecule has 0 spiro atoms. The summed E-state index contributed by atoms with van der Waals surface area (Å²) in [5.41, 5.74) is 7.00. The van der Waals surface area contributed by atoms with Crippen LogP contribution in [0.4, 0.5) is 17.3 Å². The van der Waals surface area contributed by atoms with Crippen molar-refractivity contribution in [2.24, 2.45) is 0 Å². The number of anilines is 3. The molecule has 0 radical (unpaired) electrons. The lowest BCUT2D eigenvalue weighted by Crippen LogP contribution is -2.11. The largest absolute Gasteiger partial charge is 0.324 e. The van der Waals surface area contributed by atoms with E-state index in [0.717, 1.165) is 34.4 Å². The maximum Gasteiger partial charge on any atom is 0.227 e. The highest BCUT2D eigenvalue weighted by Gasteiger charge is 2.09. The topological polar surface area (TPSA) is 62.3 Å². The first-order valence-electron chi connectivity index (χ1n) is 8.26. The van der Waals surface area contributed by atoms with Crippen LogP contribution >= 0.6 is 11.6 Å². The minimum atomic E-state index is 0.470. The number of rotatable bonds is 6. The number of terminal acetylenes is 1. The summed E-state index contributed by atoms with van der Waals surface area (Å²) in [7, 11) is 5.61. The van der Waals surface area contributed by atoms with Gasteiger partial charge in [0.05, 0.1) is 23.3 Å². The number of aromatic nitrogens is 2. The number of hydrogen-bond acceptors (Lipinski definition) is 6. The summed E-state index contributed by atoms with van der Waals surface area (Å²) in [5, 5.41) is 4.45. The fraction of sp³-hybridized carbons (Fsp3) is 0.200. The molecule has 0 aliphatic rings. The van der Waals surface area contributed by atoms with Crippen LogP contribution in [-0.2, 0) is 11.4 Å². The van der Waals surface area contributed by atoms with Gasteiger partial charge in [-0.25, -0.2) is 9.97 Å². The standard InChI is InChI=1S/C20H20ClN5O/c1-5-14-6-7-18-17(19(14)21)11-22-20(24-18)23-15-8-13(12-26(2)3)9-16(10-15)25-27-4/h1,6-11,25H,12H2,2-4H3,(H,22,23,24). The Labute approximate surface area is 163 Å². The molecule has 7 heteroatoms. The van der Waals surface area contributed by atoms with Crippen molar-refractivity contribution in [3.05, 3.63) is 52.7 Å². The second-order valence-corrected chi connectivity index (χ2v) is 6.66. The molecule has 1 heterocycles. The Morgan fingerprint density at radius 1 is 1.22 bits per heavy atom. The van der Waals surface area contributed by atoms with Gasteiger partial charge in [-0.2, -0.15) is 0 Å². The SMILES string of the molecule is C#Cc1ccc2nc(Nc3cc(CN(C)C)cc(NOC)c3)ncc2c1Cl. The smallest absolute Gasteiger partial charge is 0.227 e. The van der Waals surface area contributed by atoms with E-state index in [-0.39, 0.29) is 0 Å². The van der Waals surface area contributed by atoms with Crippen LogP contribution in [0.25, 0.3) is 10.9 Å². The maximum atomic E-state index is 6.31. The van der Waals surface area contributed by atoms with Gasteiger partial charge < -0.3 is 10.2 Å². The van der Waals surface area contributed by atoms with E-state index in [0.29, 0.717) is 16.5 Å². The zero-order valence-electron chi connectivity index (χ0n) is 15.4. The number of benzene rings is 2. The van der Waals surface area contributed by atoms with Crippen LogP contribution in [0, 0.1) is 12.3 Å². The third-order valence-corrected chi connectivity index (χ3v) is 4.23. The van der Waals surface area contributed by atoms with Gasteiger partial charge in [-0.15, -0.1) is 6.42 Å². The monoisotopic (exact) mass is 381 g/mol. The van der Waals surface area contributed by atoms with E-state index in [2.05, 4.69) is 31.6 Å². The summed E-state index contributed by atoms with van der Waals surface area (Å²) in [6, 6.07) is 9.61. The molecule has 138 valence electrons. The van der Waals surface area contributed by atoms with Gasteiger partial charge in [-0.3, -0.25) is 10.3 Å². The molecule has 0 aliphatic heterocycles. The summed E-state index contributed by atoms with van der Waals surface area (Å²) in [5.74, 6) is 3.03. The molecule has 1 aromatic heterocycles. The molecule has 0 unspecified atom stereocenters. The van der Waals surface area contributed by atoms with E-state index in [1.165, 1.54) is 0 Å². The highest BCUT2D eigenvalue weighted by molar-refractivity contribution is 6.36. The lowest BCUT2D eigenvalue weighted by atomic mass is 10.1. The normalized spacial score (nSPS) is 10.8. The lowest BCUT2D eigenvalue weighted by Gasteiger charge is -2.14. The van der Waals surface area contributed by atoms with Crippen molar-refractivity contribution in [1.29, 1.82) is 0 Å². The highest BCUT2D eigenvalue weighted by atomic mass is 35.5. The fourth-order valence-corrected chi connectivity index (χ4v) is 3.03. The first kappa shape index (κ1) is 18.9. The molecule has 2 aromatic carbocycles. The van der Waals surface area contributed by atoms with Crippen LogP contribution in [0.1, 0.15) is 11.1 Å². The molecule has 0 aliphatic carbocycles. The first-order valence-corrected chi connectivity index (χ1v) is 8.64. The predicted octanol–water partition coefficient (Wildman–Crippen LogP) is 4.04. The summed E-state index contributed by atoms with van der Waals surface area (Å²) in [6.07, 6.45) is 7.13. The Balaban J connectivity index is 1.94. The van der Waals surface area contributed by atoms with E-state index in [1.54, 1.807) is 19.4 Å². The third-order valence-electron chi connectivity index (χ3n) is 3.82. The Bertz CT molecular complexity index is 1010. The van der Waals surface area contributed by atoms with Gasteiger partial charge in [0.2, 0.25) is 5.95 Å². The van der Waals surface area contributed by atoms with Gasteiger partial charge in [0.1, 0.15) is 0 Å². The Kier molecular flexibility index (Phi) is 5.77. The minimum absolute atomic E-state index is 0.470. The molecular weight excluding hydrogens is 362 g/mol. The Morgan fingerprint density at radius 2 is 2.00 bits per heavy atom. The molecule has 27 heavy (non-hydrogen) atoms. The van der Waals surface area contributed by atoms with Gasteiger partial charge in [-0.1, -0.05) is 17.5 Å². The number of nitrogens with one attached hydrogen (secondary N) is 2. The Hall–Kier alpha value is -2.85. The van der Waals surface area contributed by atoms with Crippen molar-refractivity contribution in [3.63, 3.8) is 0 Å². The lowest BCUT2D eigenvalue weighted by molar-refractivity contribution is 0.271. The molecule has 2 N–H and O–H groups in total. The molecular formula is C20H20ClN5O. The van der Waals surface area contributed by atoms with Gasteiger partial charge in [0.15, 0.2) is 0 Å². The van der Waals surface area contributed by atoms with Gasteiger partial charge in [0.25, 0.3) is 0 Å². The van der Waals surface area contributed by atoms with E-state index >= 15 is 0 Å². The second kappa shape index (κ2) is 8.23. The predicted molar refractivity (Wildman–Crippen MR) is 110 cm³/mol. The van der Waals surface area contributed by atoms with Crippen molar-refractivity contribution in [2.75, 3.05) is 32.0 Å². The van der Waals surface area contributed by atoms with Gasteiger partial charge in [0, 0.05) is 29.4 Å². The van der Waals surface area contributed by atoms with Crippen molar-refractivity contribution >= 4 is 39.8 Å². The van der Waals surface area contributed by atoms with Crippen molar-refractivity contribution in [1.82, 2.24) is 14.9 Å². The number of fused-ring (bicyclic) bond motifs is 1. The second-order valence-electron chi connectivity index (χ2n) is 6.29. The average Bonchev–Trinajstić information content (AvgIpc) is 2.61. The Morgan fingerprint density at radius 3 is 2.70 bits per heavy atom. The van der Waals surface area contributed by atoms with Crippen LogP contribution in [0.5, 0.6) is 0 Å². The summed E-state index contributed by atoms with van der Waals surface area (Å²) >= 11 is 6.31. The molecule has 3 rings (SSSR count).